The van der Waals surface area contributed by atoms with Crippen molar-refractivity contribution >= 4 is 13.8 Å². The number of carbonyl (C=O) groups excluding carboxylic acids is 1. The van der Waals surface area contributed by atoms with E-state index in [1.807, 2.05) is 0 Å². The first-order valence-corrected chi connectivity index (χ1v) is 22.0. The molecule has 1 fully saturated rings. The summed E-state index contributed by atoms with van der Waals surface area (Å²) >= 11 is 0. The Morgan fingerprint density at radius 2 is 0.942 bits per heavy atom. The van der Waals surface area contributed by atoms with Crippen LogP contribution in [0, 0.1) is 0 Å². The van der Waals surface area contributed by atoms with Crippen molar-refractivity contribution < 1.29 is 58.7 Å². The van der Waals surface area contributed by atoms with Gasteiger partial charge in [-0.25, -0.2) is 4.57 Å². The first kappa shape index (κ1) is 49.1. The maximum atomic E-state index is 12.2. The number of carbonyl (C=O) groups is 1. The molecule has 0 spiro atoms. The van der Waals surface area contributed by atoms with Gasteiger partial charge in [-0.3, -0.25) is 13.8 Å². The average Bonchev–Trinajstić information content (AvgIpc) is 3.13. The van der Waals surface area contributed by atoms with Gasteiger partial charge in [0.05, 0.1) is 6.61 Å². The minimum atomic E-state index is -4.99. The summed E-state index contributed by atoms with van der Waals surface area (Å²) in [7, 11) is -4.99. The molecule has 8 atom stereocenters. The van der Waals surface area contributed by atoms with Crippen LogP contribution in [0.15, 0.2) is 12.2 Å². The van der Waals surface area contributed by atoms with Crippen molar-refractivity contribution in [1.82, 2.24) is 0 Å². The van der Waals surface area contributed by atoms with Gasteiger partial charge < -0.3 is 40.3 Å². The molecule has 1 aliphatic rings. The van der Waals surface area contributed by atoms with Crippen LogP contribution in [0.25, 0.3) is 0 Å². The summed E-state index contributed by atoms with van der Waals surface area (Å²) < 4.78 is 26.5. The molecule has 1 saturated carbocycles. The number of aliphatic hydroxyl groups excluding tert-OH is 6. The molecule has 0 amide bonds. The second-order valence-electron chi connectivity index (χ2n) is 14.7. The van der Waals surface area contributed by atoms with Crippen LogP contribution in [-0.4, -0.2) is 97.4 Å². The number of hydrogen-bond donors (Lipinski definition) is 7. The highest BCUT2D eigenvalue weighted by atomic mass is 31.2. The van der Waals surface area contributed by atoms with E-state index < -0.39 is 69.7 Å². The van der Waals surface area contributed by atoms with Gasteiger partial charge >= 0.3 is 13.8 Å². The van der Waals surface area contributed by atoms with Crippen LogP contribution in [0.5, 0.6) is 0 Å². The van der Waals surface area contributed by atoms with Gasteiger partial charge in [0.25, 0.3) is 0 Å². The molecule has 0 radical (unpaired) electrons. The average molecular weight is 767 g/mol. The number of phosphoric ester groups is 1. The molecule has 308 valence electrons. The molecule has 13 heteroatoms. The van der Waals surface area contributed by atoms with Crippen molar-refractivity contribution in [3.63, 3.8) is 0 Å². The summed E-state index contributed by atoms with van der Waals surface area (Å²) in [4.78, 5) is 21.9. The zero-order chi connectivity index (χ0) is 38.5. The van der Waals surface area contributed by atoms with E-state index in [0.29, 0.717) is 6.42 Å². The lowest BCUT2D eigenvalue weighted by Crippen LogP contribution is -2.64. The molecular weight excluding hydrogens is 691 g/mol. The summed E-state index contributed by atoms with van der Waals surface area (Å²) in [6.45, 7) is 1.02. The van der Waals surface area contributed by atoms with Gasteiger partial charge in [-0.1, -0.05) is 147 Å². The molecule has 0 aromatic heterocycles. The molecule has 0 heterocycles. The van der Waals surface area contributed by atoms with Gasteiger partial charge in [-0.05, 0) is 32.1 Å². The number of rotatable bonds is 34. The lowest BCUT2D eigenvalue weighted by atomic mass is 9.85. The molecule has 1 aliphatic carbocycles. The van der Waals surface area contributed by atoms with Gasteiger partial charge in [-0.2, -0.15) is 0 Å². The molecule has 7 N–H and O–H groups in total. The highest BCUT2D eigenvalue weighted by molar-refractivity contribution is 7.47. The quantitative estimate of drug-likeness (QED) is 0.0154. The van der Waals surface area contributed by atoms with E-state index >= 15 is 0 Å². The lowest BCUT2D eigenvalue weighted by molar-refractivity contribution is -0.220. The van der Waals surface area contributed by atoms with Crippen LogP contribution in [0.4, 0.5) is 0 Å². The van der Waals surface area contributed by atoms with Crippen LogP contribution in [-0.2, 0) is 23.1 Å². The molecule has 1 rings (SSSR count). The van der Waals surface area contributed by atoms with Crippen molar-refractivity contribution in [2.75, 3.05) is 13.2 Å². The molecule has 0 aromatic rings. The molecule has 0 bridgehead atoms. The van der Waals surface area contributed by atoms with Crippen molar-refractivity contribution in [3.05, 3.63) is 12.2 Å². The van der Waals surface area contributed by atoms with Crippen LogP contribution in [0.3, 0.4) is 0 Å². The fourth-order valence-corrected chi connectivity index (χ4v) is 7.44. The molecule has 0 aromatic carbocycles. The van der Waals surface area contributed by atoms with Crippen LogP contribution in [0.2, 0.25) is 0 Å². The van der Waals surface area contributed by atoms with Crippen molar-refractivity contribution in [1.29, 1.82) is 0 Å². The van der Waals surface area contributed by atoms with Gasteiger partial charge in [0, 0.05) is 6.42 Å². The third kappa shape index (κ3) is 24.5. The highest BCUT2D eigenvalue weighted by Crippen LogP contribution is 2.47. The fraction of sp³-hybridized carbons (Fsp3) is 0.923. The third-order valence-corrected chi connectivity index (χ3v) is 10.8. The molecule has 52 heavy (non-hydrogen) atoms. The third-order valence-electron chi connectivity index (χ3n) is 9.84. The smallest absolute Gasteiger partial charge is 0.463 e. The number of hydrogen-bond acceptors (Lipinski definition) is 11. The van der Waals surface area contributed by atoms with Gasteiger partial charge in [0.1, 0.15) is 49.3 Å². The van der Waals surface area contributed by atoms with E-state index in [0.717, 1.165) is 19.3 Å². The van der Waals surface area contributed by atoms with Crippen LogP contribution < -0.4 is 0 Å². The van der Waals surface area contributed by atoms with Crippen molar-refractivity contribution in [2.24, 2.45) is 0 Å². The Labute approximate surface area is 314 Å². The summed E-state index contributed by atoms with van der Waals surface area (Å²) in [5.74, 6) is -0.505. The van der Waals surface area contributed by atoms with Crippen LogP contribution in [0.1, 0.15) is 174 Å². The Morgan fingerprint density at radius 3 is 1.37 bits per heavy atom. The zero-order valence-electron chi connectivity index (χ0n) is 32.1. The number of allylic oxidation sites excluding steroid dienone is 2. The Hall–Kier alpha value is -0.920. The van der Waals surface area contributed by atoms with Gasteiger partial charge in [-0.15, -0.1) is 0 Å². The summed E-state index contributed by atoms with van der Waals surface area (Å²) in [5, 5.41) is 58.8. The maximum absolute atomic E-state index is 12.2. The van der Waals surface area contributed by atoms with Gasteiger partial charge in [0.2, 0.25) is 0 Å². The Kier molecular flexibility index (Phi) is 29.6. The predicted molar refractivity (Wildman–Crippen MR) is 203 cm³/mol. The normalized spacial score (nSPS) is 23.9. The van der Waals surface area contributed by atoms with E-state index in [1.54, 1.807) is 0 Å². The number of ether oxygens (including phenoxy) is 1. The summed E-state index contributed by atoms with van der Waals surface area (Å²) in [6, 6.07) is 0. The summed E-state index contributed by atoms with van der Waals surface area (Å²) in [6.07, 6.45) is 23.6. The van der Waals surface area contributed by atoms with E-state index in [1.165, 1.54) is 135 Å². The van der Waals surface area contributed by atoms with E-state index in [9.17, 15) is 44.9 Å². The molecule has 3 unspecified atom stereocenters. The largest absolute Gasteiger partial charge is 0.472 e. The topological polar surface area (TPSA) is 203 Å². The predicted octanol–water partition coefficient (Wildman–Crippen LogP) is 6.93. The number of aliphatic hydroxyl groups is 6. The first-order valence-electron chi connectivity index (χ1n) is 20.5. The standard InChI is InChI=1S/C39H75O12P/c1-2-3-4-5-6-7-8-9-10-11-12-13-14-15-16-17-18-19-20-21-22-23-24-25-26-27-28-29-33(41)49-30-32(40)31-50-52(47,48)51-39-37(45)35(43)34(42)36(44)38(39)46/h9-10,32,34-40,42-46H,2-8,11-31H2,1H3,(H,47,48)/b10-9-/t32-,34?,35-,36+,37+,38+,39?/m0/s1. The first-order chi connectivity index (χ1) is 25.0. The molecule has 12 nitrogen and oxygen atoms in total. The van der Waals surface area contributed by atoms with Crippen LogP contribution >= 0.6 is 7.82 Å². The zero-order valence-corrected chi connectivity index (χ0v) is 33.0. The SMILES string of the molecule is CCCCCCCC/C=C\CCCCCCCCCCCCCCCCCCCC(=O)OC[C@H](O)COP(=O)(O)OC1[C@H](O)[C@H](O)C(O)[C@H](O)[C@H]1O. The maximum Gasteiger partial charge on any atom is 0.472 e. The van der Waals surface area contributed by atoms with E-state index in [2.05, 4.69) is 28.1 Å². The van der Waals surface area contributed by atoms with Crippen molar-refractivity contribution in [3.8, 4) is 0 Å². The Morgan fingerprint density at radius 1 is 0.577 bits per heavy atom. The highest BCUT2D eigenvalue weighted by Gasteiger charge is 2.51. The second kappa shape index (κ2) is 31.3. The van der Waals surface area contributed by atoms with Crippen molar-refractivity contribution in [2.45, 2.75) is 217 Å². The molecule has 0 aliphatic heterocycles. The minimum absolute atomic E-state index is 0.195. The number of unbranched alkanes of at least 4 members (excludes halogenated alkanes) is 23. The molecule has 0 saturated heterocycles. The number of phosphoric acid groups is 1. The van der Waals surface area contributed by atoms with Gasteiger partial charge in [0.15, 0.2) is 0 Å². The minimum Gasteiger partial charge on any atom is -0.463 e. The Bertz CT molecular complexity index is 921. The summed E-state index contributed by atoms with van der Waals surface area (Å²) in [5.41, 5.74) is 0. The Balaban J connectivity index is 1.87. The van der Waals surface area contributed by atoms with E-state index in [-0.39, 0.29) is 6.42 Å². The molecular formula is C39H75O12P. The monoisotopic (exact) mass is 766 g/mol. The van der Waals surface area contributed by atoms with E-state index in [4.69, 9.17) is 4.74 Å². The second-order valence-corrected chi connectivity index (χ2v) is 16.1. The lowest BCUT2D eigenvalue weighted by Gasteiger charge is -2.41. The number of esters is 1. The fourth-order valence-electron chi connectivity index (χ4n) is 6.46.